The number of hydrogen-bond acceptors (Lipinski definition) is 4. The summed E-state index contributed by atoms with van der Waals surface area (Å²) in [5.74, 6) is -2.50. The Morgan fingerprint density at radius 1 is 1.04 bits per heavy atom. The molecular weight excluding hydrogens is 377 g/mol. The summed E-state index contributed by atoms with van der Waals surface area (Å²) < 4.78 is 40.9. The third-order valence-electron chi connectivity index (χ3n) is 3.50. The zero-order valence-electron chi connectivity index (χ0n) is 14.8. The zero-order chi connectivity index (χ0) is 20.7. The van der Waals surface area contributed by atoms with Gasteiger partial charge in [-0.15, -0.1) is 0 Å². The molecule has 2 rings (SSSR count). The topological polar surface area (TPSA) is 84.5 Å². The molecule has 6 nitrogen and oxygen atoms in total. The summed E-state index contributed by atoms with van der Waals surface area (Å²) in [5.41, 5.74) is 1.38. The van der Waals surface area contributed by atoms with Gasteiger partial charge in [-0.05, 0) is 31.2 Å². The van der Waals surface area contributed by atoms with E-state index in [-0.39, 0.29) is 11.3 Å². The molecule has 0 radical (unpaired) electrons. The minimum absolute atomic E-state index is 0.0351. The lowest BCUT2D eigenvalue weighted by Gasteiger charge is -2.12. The molecule has 0 aliphatic carbocycles. The Hall–Kier alpha value is -3.36. The number of carbonyl (C=O) groups is 3. The molecule has 2 N–H and O–H groups in total. The van der Waals surface area contributed by atoms with Crippen LogP contribution in [0.5, 0.6) is 0 Å². The first-order valence-corrected chi connectivity index (χ1v) is 8.13. The summed E-state index contributed by atoms with van der Waals surface area (Å²) in [6, 6.07) is 12.7. The highest BCUT2D eigenvalue weighted by Gasteiger charge is 2.28. The van der Waals surface area contributed by atoms with Crippen molar-refractivity contribution in [1.82, 2.24) is 5.32 Å². The number of nitrogens with one attached hydrogen (secondary N) is 2. The molecule has 0 fully saturated rings. The summed E-state index contributed by atoms with van der Waals surface area (Å²) in [5, 5.41) is 4.17. The summed E-state index contributed by atoms with van der Waals surface area (Å²) in [6.45, 7) is -0.576. The van der Waals surface area contributed by atoms with Gasteiger partial charge in [-0.3, -0.25) is 9.59 Å². The predicted octanol–water partition coefficient (Wildman–Crippen LogP) is 3.08. The van der Waals surface area contributed by atoms with Crippen molar-refractivity contribution in [2.75, 3.05) is 18.5 Å². The maximum atomic E-state index is 12.4. The number of benzene rings is 2. The maximum Gasteiger partial charge on any atom is 0.405 e. The van der Waals surface area contributed by atoms with E-state index >= 15 is 0 Å². The number of halogens is 3. The van der Waals surface area contributed by atoms with Gasteiger partial charge < -0.3 is 15.4 Å². The van der Waals surface area contributed by atoms with Crippen molar-refractivity contribution < 1.29 is 32.3 Å². The number of anilines is 1. The number of aryl methyl sites for hydroxylation is 1. The molecule has 2 aromatic rings. The highest BCUT2D eigenvalue weighted by Crippen LogP contribution is 2.18. The first-order valence-electron chi connectivity index (χ1n) is 8.13. The van der Waals surface area contributed by atoms with E-state index in [1.165, 1.54) is 18.2 Å². The third-order valence-corrected chi connectivity index (χ3v) is 3.50. The van der Waals surface area contributed by atoms with E-state index in [0.29, 0.717) is 5.56 Å². The monoisotopic (exact) mass is 394 g/mol. The minimum Gasteiger partial charge on any atom is -0.452 e. The van der Waals surface area contributed by atoms with Crippen molar-refractivity contribution in [2.24, 2.45) is 0 Å². The molecule has 0 aliphatic heterocycles. The Morgan fingerprint density at radius 2 is 1.75 bits per heavy atom. The SMILES string of the molecule is Cc1cccc(C(=O)Nc2ccccc2C(=O)OCC(=O)NCC(F)(F)F)c1. The first kappa shape index (κ1) is 20.9. The molecule has 0 saturated carbocycles. The van der Waals surface area contributed by atoms with Crippen molar-refractivity contribution in [3.05, 3.63) is 65.2 Å². The first-order chi connectivity index (χ1) is 13.2. The van der Waals surface area contributed by atoms with Crippen LogP contribution in [0.2, 0.25) is 0 Å². The number of esters is 1. The van der Waals surface area contributed by atoms with Crippen LogP contribution in [0.1, 0.15) is 26.3 Å². The van der Waals surface area contributed by atoms with Gasteiger partial charge in [-0.25, -0.2) is 4.79 Å². The second-order valence-corrected chi connectivity index (χ2v) is 5.84. The number of alkyl halides is 3. The zero-order valence-corrected chi connectivity index (χ0v) is 14.8. The number of ether oxygens (including phenoxy) is 1. The second-order valence-electron chi connectivity index (χ2n) is 5.84. The van der Waals surface area contributed by atoms with Gasteiger partial charge >= 0.3 is 12.1 Å². The Balaban J connectivity index is 2.01. The van der Waals surface area contributed by atoms with E-state index < -0.39 is 37.1 Å². The van der Waals surface area contributed by atoms with E-state index in [1.807, 2.05) is 13.0 Å². The van der Waals surface area contributed by atoms with Crippen LogP contribution in [-0.2, 0) is 9.53 Å². The molecule has 2 aromatic carbocycles. The highest BCUT2D eigenvalue weighted by molar-refractivity contribution is 6.08. The molecule has 2 amide bonds. The maximum absolute atomic E-state index is 12.4. The van der Waals surface area contributed by atoms with E-state index in [2.05, 4.69) is 5.32 Å². The average Bonchev–Trinajstić information content (AvgIpc) is 2.64. The van der Waals surface area contributed by atoms with Crippen LogP contribution in [0.25, 0.3) is 0 Å². The number of hydrogen-bond donors (Lipinski definition) is 2. The number of amides is 2. The predicted molar refractivity (Wildman–Crippen MR) is 94.9 cm³/mol. The molecule has 0 atom stereocenters. The lowest BCUT2D eigenvalue weighted by Crippen LogP contribution is -2.36. The van der Waals surface area contributed by atoms with Crippen molar-refractivity contribution in [1.29, 1.82) is 0 Å². The summed E-state index contributed by atoms with van der Waals surface area (Å²) in [4.78, 5) is 35.9. The Labute approximate surface area is 158 Å². The van der Waals surface area contributed by atoms with Gasteiger partial charge in [0.1, 0.15) is 6.54 Å². The van der Waals surface area contributed by atoms with Crippen LogP contribution >= 0.6 is 0 Å². The number of para-hydroxylation sites is 1. The fraction of sp³-hybridized carbons (Fsp3) is 0.211. The van der Waals surface area contributed by atoms with Crippen LogP contribution in [0.15, 0.2) is 48.5 Å². The molecule has 0 bridgehead atoms. The summed E-state index contributed by atoms with van der Waals surface area (Å²) in [7, 11) is 0. The molecule has 28 heavy (non-hydrogen) atoms. The second kappa shape index (κ2) is 9.03. The molecular formula is C19H17F3N2O4. The summed E-state index contributed by atoms with van der Waals surface area (Å²) in [6.07, 6.45) is -4.56. The van der Waals surface area contributed by atoms with Gasteiger partial charge in [-0.2, -0.15) is 13.2 Å². The molecule has 0 heterocycles. The number of carbonyl (C=O) groups excluding carboxylic acids is 3. The fourth-order valence-corrected chi connectivity index (χ4v) is 2.21. The van der Waals surface area contributed by atoms with Crippen molar-refractivity contribution in [2.45, 2.75) is 13.1 Å². The van der Waals surface area contributed by atoms with Crippen molar-refractivity contribution in [3.8, 4) is 0 Å². The average molecular weight is 394 g/mol. The van der Waals surface area contributed by atoms with E-state index in [1.54, 1.807) is 29.6 Å². The summed E-state index contributed by atoms with van der Waals surface area (Å²) >= 11 is 0. The lowest BCUT2D eigenvalue weighted by molar-refractivity contribution is -0.140. The molecule has 9 heteroatoms. The molecule has 0 aromatic heterocycles. The van der Waals surface area contributed by atoms with Crippen LogP contribution in [-0.4, -0.2) is 37.1 Å². The third kappa shape index (κ3) is 6.42. The van der Waals surface area contributed by atoms with Crippen LogP contribution in [0.3, 0.4) is 0 Å². The largest absolute Gasteiger partial charge is 0.452 e. The highest BCUT2D eigenvalue weighted by atomic mass is 19.4. The molecule has 148 valence electrons. The molecule has 0 spiro atoms. The van der Waals surface area contributed by atoms with Crippen LogP contribution < -0.4 is 10.6 Å². The van der Waals surface area contributed by atoms with Gasteiger partial charge in [0.2, 0.25) is 0 Å². The minimum atomic E-state index is -4.56. The Bertz CT molecular complexity index is 881. The van der Waals surface area contributed by atoms with Crippen LogP contribution in [0.4, 0.5) is 18.9 Å². The standard InChI is InChI=1S/C19H17F3N2O4/c1-12-5-4-6-13(9-12)17(26)24-15-8-3-2-7-14(15)18(27)28-10-16(25)23-11-19(20,21)22/h2-9H,10-11H2,1H3,(H,23,25)(H,24,26). The quantitative estimate of drug-likeness (QED) is 0.738. The lowest BCUT2D eigenvalue weighted by atomic mass is 10.1. The smallest absolute Gasteiger partial charge is 0.405 e. The van der Waals surface area contributed by atoms with Crippen LogP contribution in [0, 0.1) is 6.92 Å². The fourth-order valence-electron chi connectivity index (χ4n) is 2.21. The van der Waals surface area contributed by atoms with Gasteiger partial charge in [0.05, 0.1) is 11.3 Å². The van der Waals surface area contributed by atoms with Gasteiger partial charge in [0.25, 0.3) is 11.8 Å². The van der Waals surface area contributed by atoms with Gasteiger partial charge in [-0.1, -0.05) is 29.8 Å². The molecule has 0 unspecified atom stereocenters. The Morgan fingerprint density at radius 3 is 2.43 bits per heavy atom. The number of rotatable bonds is 6. The van der Waals surface area contributed by atoms with Gasteiger partial charge in [0, 0.05) is 5.56 Å². The van der Waals surface area contributed by atoms with E-state index in [0.717, 1.165) is 5.56 Å². The molecule has 0 aliphatic rings. The van der Waals surface area contributed by atoms with Crippen molar-refractivity contribution in [3.63, 3.8) is 0 Å². The van der Waals surface area contributed by atoms with E-state index in [9.17, 15) is 27.6 Å². The van der Waals surface area contributed by atoms with Gasteiger partial charge in [0.15, 0.2) is 6.61 Å². The Kier molecular flexibility index (Phi) is 6.75. The molecule has 0 saturated heterocycles. The van der Waals surface area contributed by atoms with E-state index in [4.69, 9.17) is 4.74 Å². The normalized spacial score (nSPS) is 10.9. The van der Waals surface area contributed by atoms with Crippen molar-refractivity contribution >= 4 is 23.5 Å².